The van der Waals surface area contributed by atoms with Gasteiger partial charge in [-0.3, -0.25) is 19.3 Å². The smallest absolute Gasteiger partial charge is 0.379 e. The second-order valence-corrected chi connectivity index (χ2v) is 10.6. The van der Waals surface area contributed by atoms with E-state index in [2.05, 4.69) is 12.1 Å². The van der Waals surface area contributed by atoms with E-state index < -0.39 is 30.2 Å². The Balaban J connectivity index is 1.07. The fourth-order valence-corrected chi connectivity index (χ4v) is 5.79. The molecule has 4 aromatic rings. The van der Waals surface area contributed by atoms with Crippen LogP contribution in [0.5, 0.6) is 5.75 Å². The maximum Gasteiger partial charge on any atom is 0.379 e. The van der Waals surface area contributed by atoms with Gasteiger partial charge in [-0.1, -0.05) is 36.4 Å². The highest BCUT2D eigenvalue weighted by Gasteiger charge is 2.50. The molecular formula is C34H27NO8. The van der Waals surface area contributed by atoms with E-state index in [9.17, 15) is 24.0 Å². The average Bonchev–Trinajstić information content (AvgIpc) is 3.67. The van der Waals surface area contributed by atoms with Crippen molar-refractivity contribution in [3.8, 4) is 5.75 Å². The summed E-state index contributed by atoms with van der Waals surface area (Å²) < 4.78 is 15.4. The third-order valence-corrected chi connectivity index (χ3v) is 7.98. The van der Waals surface area contributed by atoms with Crippen LogP contribution in [0, 0.1) is 11.8 Å². The molecule has 2 amide bonds. The standard InChI is InChI=1S/C34H27NO8/c36-29(22-11-14-26(15-12-22)43-34(40)30-10-5-17-41-30)20-42-33(39)24-8-4-9-25(18-24)35-31(37)27-16-13-23(19-28(27)32(35)38)21-6-2-1-3-7-21/h1-12,14-15,17-18,23,27-28H,13,16,19-20H2/t23-,27+,28-/m1/s1. The molecule has 3 atom stereocenters. The van der Waals surface area contributed by atoms with Crippen molar-refractivity contribution >= 4 is 35.2 Å². The molecule has 216 valence electrons. The number of hydrogen-bond donors (Lipinski definition) is 0. The maximum absolute atomic E-state index is 13.4. The summed E-state index contributed by atoms with van der Waals surface area (Å²) in [6, 6.07) is 25.0. The summed E-state index contributed by atoms with van der Waals surface area (Å²) in [4.78, 5) is 65.4. The van der Waals surface area contributed by atoms with Crippen LogP contribution < -0.4 is 9.64 Å². The molecule has 0 radical (unpaired) electrons. The molecule has 6 rings (SSSR count). The Morgan fingerprint density at radius 3 is 2.28 bits per heavy atom. The number of benzene rings is 3. The number of nitrogens with zero attached hydrogens (tertiary/aromatic N) is 1. The van der Waals surface area contributed by atoms with E-state index in [0.717, 1.165) is 6.42 Å². The minimum Gasteiger partial charge on any atom is -0.457 e. The Bertz CT molecular complexity index is 1680. The van der Waals surface area contributed by atoms with Crippen molar-refractivity contribution in [3.63, 3.8) is 0 Å². The Kier molecular flexibility index (Phi) is 7.70. The van der Waals surface area contributed by atoms with Crippen molar-refractivity contribution in [2.24, 2.45) is 11.8 Å². The van der Waals surface area contributed by atoms with Gasteiger partial charge >= 0.3 is 11.9 Å². The van der Waals surface area contributed by atoms with Gasteiger partial charge < -0.3 is 13.9 Å². The first-order valence-corrected chi connectivity index (χ1v) is 14.0. The normalized spacial score (nSPS) is 19.5. The molecule has 1 saturated heterocycles. The van der Waals surface area contributed by atoms with Gasteiger partial charge in [0.15, 0.2) is 12.4 Å². The second kappa shape index (κ2) is 11.9. The van der Waals surface area contributed by atoms with Crippen LogP contribution in [0.4, 0.5) is 5.69 Å². The van der Waals surface area contributed by atoms with Crippen molar-refractivity contribution < 1.29 is 37.9 Å². The number of Topliss-reactive ketones (excluding diaryl/α,β-unsaturated/α-hetero) is 1. The summed E-state index contributed by atoms with van der Waals surface area (Å²) in [6.45, 7) is -0.527. The predicted molar refractivity (Wildman–Crippen MR) is 154 cm³/mol. The van der Waals surface area contributed by atoms with Crippen molar-refractivity contribution in [2.45, 2.75) is 25.2 Å². The lowest BCUT2D eigenvalue weighted by atomic mass is 9.73. The molecule has 1 aromatic heterocycles. The molecule has 0 bridgehead atoms. The number of amides is 2. The number of ketones is 1. The highest BCUT2D eigenvalue weighted by atomic mass is 16.5. The average molecular weight is 578 g/mol. The quantitative estimate of drug-likeness (QED) is 0.115. The molecule has 9 heteroatoms. The van der Waals surface area contributed by atoms with Gasteiger partial charge in [-0.25, -0.2) is 9.59 Å². The van der Waals surface area contributed by atoms with Crippen LogP contribution in [0.25, 0.3) is 0 Å². The summed E-state index contributed by atoms with van der Waals surface area (Å²) >= 11 is 0. The summed E-state index contributed by atoms with van der Waals surface area (Å²) in [5.41, 5.74) is 1.84. The summed E-state index contributed by atoms with van der Waals surface area (Å²) in [6.07, 6.45) is 3.42. The third kappa shape index (κ3) is 5.74. The van der Waals surface area contributed by atoms with Crippen LogP contribution in [0.3, 0.4) is 0 Å². The summed E-state index contributed by atoms with van der Waals surface area (Å²) in [5, 5.41) is 0. The Morgan fingerprint density at radius 1 is 0.767 bits per heavy atom. The Hall–Kier alpha value is -5.31. The lowest BCUT2D eigenvalue weighted by Gasteiger charge is -2.28. The first kappa shape index (κ1) is 27.8. The fourth-order valence-electron chi connectivity index (χ4n) is 5.79. The lowest BCUT2D eigenvalue weighted by molar-refractivity contribution is -0.122. The van der Waals surface area contributed by atoms with Gasteiger partial charge in [0.2, 0.25) is 17.6 Å². The number of rotatable bonds is 8. The molecule has 9 nitrogen and oxygen atoms in total. The second-order valence-electron chi connectivity index (χ2n) is 10.6. The summed E-state index contributed by atoms with van der Waals surface area (Å²) in [5.74, 6) is -2.71. The monoisotopic (exact) mass is 577 g/mol. The molecule has 3 aromatic carbocycles. The molecule has 2 aliphatic rings. The third-order valence-electron chi connectivity index (χ3n) is 7.98. The number of esters is 2. The van der Waals surface area contributed by atoms with E-state index in [0.29, 0.717) is 18.5 Å². The lowest BCUT2D eigenvalue weighted by Crippen LogP contribution is -2.31. The minimum absolute atomic E-state index is 0.0460. The summed E-state index contributed by atoms with van der Waals surface area (Å²) in [7, 11) is 0. The number of fused-ring (bicyclic) bond motifs is 1. The number of ether oxygens (including phenoxy) is 2. The van der Waals surface area contributed by atoms with E-state index in [1.165, 1.54) is 59.2 Å². The molecule has 1 aliphatic carbocycles. The van der Waals surface area contributed by atoms with Crippen molar-refractivity contribution in [1.29, 1.82) is 0 Å². The van der Waals surface area contributed by atoms with E-state index in [1.807, 2.05) is 18.2 Å². The molecule has 0 N–H and O–H groups in total. The van der Waals surface area contributed by atoms with Gasteiger partial charge in [0.25, 0.3) is 0 Å². The molecule has 0 spiro atoms. The molecule has 0 unspecified atom stereocenters. The maximum atomic E-state index is 13.4. The highest BCUT2D eigenvalue weighted by molar-refractivity contribution is 6.22. The molecule has 2 heterocycles. The van der Waals surface area contributed by atoms with E-state index in [1.54, 1.807) is 18.2 Å². The topological polar surface area (TPSA) is 120 Å². The van der Waals surface area contributed by atoms with Crippen molar-refractivity contribution in [1.82, 2.24) is 0 Å². The number of furan rings is 1. The van der Waals surface area contributed by atoms with E-state index in [4.69, 9.17) is 13.9 Å². The largest absolute Gasteiger partial charge is 0.457 e. The zero-order valence-corrected chi connectivity index (χ0v) is 23.0. The van der Waals surface area contributed by atoms with Crippen molar-refractivity contribution in [2.75, 3.05) is 11.5 Å². The van der Waals surface area contributed by atoms with Gasteiger partial charge in [-0.2, -0.15) is 0 Å². The van der Waals surface area contributed by atoms with Gasteiger partial charge in [-0.15, -0.1) is 0 Å². The van der Waals surface area contributed by atoms with Crippen LogP contribution in [0.2, 0.25) is 0 Å². The van der Waals surface area contributed by atoms with Crippen LogP contribution >= 0.6 is 0 Å². The van der Waals surface area contributed by atoms with Crippen LogP contribution in [-0.4, -0.2) is 36.1 Å². The number of hydrogen-bond acceptors (Lipinski definition) is 8. The zero-order chi connectivity index (χ0) is 29.9. The first-order valence-electron chi connectivity index (χ1n) is 14.0. The number of anilines is 1. The molecule has 43 heavy (non-hydrogen) atoms. The van der Waals surface area contributed by atoms with Crippen LogP contribution in [0.15, 0.2) is 102 Å². The SMILES string of the molecule is O=C(COC(=O)c1cccc(N2C(=O)[C@H]3CC[C@@H](c4ccccc4)C[C@H]3C2=O)c1)c1ccc(OC(=O)c2ccco2)cc1. The van der Waals surface area contributed by atoms with Gasteiger partial charge in [0, 0.05) is 5.56 Å². The van der Waals surface area contributed by atoms with Crippen LogP contribution in [-0.2, 0) is 14.3 Å². The first-order chi connectivity index (χ1) is 20.9. The number of imide groups is 1. The Morgan fingerprint density at radius 2 is 1.53 bits per heavy atom. The minimum atomic E-state index is -0.764. The Labute approximate surface area is 247 Å². The van der Waals surface area contributed by atoms with Gasteiger partial charge in [-0.05, 0) is 85.3 Å². The van der Waals surface area contributed by atoms with E-state index in [-0.39, 0.29) is 46.3 Å². The highest BCUT2D eigenvalue weighted by Crippen LogP contribution is 2.45. The molecule has 1 aliphatic heterocycles. The van der Waals surface area contributed by atoms with Gasteiger partial charge in [0.05, 0.1) is 29.3 Å². The number of carbonyl (C=O) groups is 5. The fraction of sp³-hybridized carbons (Fsp3) is 0.206. The number of carbonyl (C=O) groups excluding carboxylic acids is 5. The molecule has 2 fully saturated rings. The predicted octanol–water partition coefficient (Wildman–Crippen LogP) is 5.61. The van der Waals surface area contributed by atoms with Gasteiger partial charge in [0.1, 0.15) is 5.75 Å². The molecular weight excluding hydrogens is 550 g/mol. The zero-order valence-electron chi connectivity index (χ0n) is 23.0. The van der Waals surface area contributed by atoms with E-state index >= 15 is 0 Å². The van der Waals surface area contributed by atoms with Crippen LogP contribution in [0.1, 0.15) is 62.0 Å². The van der Waals surface area contributed by atoms with Crippen molar-refractivity contribution in [3.05, 3.63) is 120 Å². The molecule has 1 saturated carbocycles.